The second-order valence-corrected chi connectivity index (χ2v) is 12.1. The Labute approximate surface area is 164 Å². The smallest absolute Gasteiger partial charge is 0.320 e. The Morgan fingerprint density at radius 1 is 1.44 bits per heavy atom. The molecule has 0 amide bonds. The van der Waals surface area contributed by atoms with Crippen LogP contribution in [-0.4, -0.2) is 45.7 Å². The van der Waals surface area contributed by atoms with Gasteiger partial charge < -0.3 is 16.2 Å². The van der Waals surface area contributed by atoms with Crippen LogP contribution in [0.2, 0.25) is 0 Å². The van der Waals surface area contributed by atoms with Crippen LogP contribution in [0.15, 0.2) is 14.5 Å². The van der Waals surface area contributed by atoms with Gasteiger partial charge in [0.1, 0.15) is 14.5 Å². The largest absolute Gasteiger partial charge is 0.480 e. The molecule has 0 fully saturated rings. The van der Waals surface area contributed by atoms with E-state index in [0.29, 0.717) is 18.5 Å². The molecule has 0 spiro atoms. The van der Waals surface area contributed by atoms with Gasteiger partial charge in [-0.05, 0) is 31.9 Å². The van der Waals surface area contributed by atoms with E-state index in [1.807, 2.05) is 6.92 Å². The monoisotopic (exact) mass is 441 g/mol. The molecule has 0 bridgehead atoms. The number of sulfone groups is 1. The standard InChI is InChI=1S/C10H16N2O4S3.C5H11NO2/c1-3-12-8-4-6(2)18(13,14)10-7(8)5-9(17-10)19(11,15)16;1-3(2)4(6)5(7)8/h5-6,8,12H,3-4H2,1-2H3,(H2,11,15,16);3-4H,6H2,1-2H3,(H,7,8)/t6-,8-;4-/m00/s1. The van der Waals surface area contributed by atoms with Crippen molar-refractivity contribution >= 4 is 37.2 Å². The number of hydrogen-bond donors (Lipinski definition) is 4. The third-order valence-electron chi connectivity index (χ3n) is 4.17. The first kappa shape index (κ1) is 24.0. The van der Waals surface area contributed by atoms with E-state index >= 15 is 0 Å². The summed E-state index contributed by atoms with van der Waals surface area (Å²) in [5, 5.41) is 16.0. The highest BCUT2D eigenvalue weighted by Gasteiger charge is 2.39. The van der Waals surface area contributed by atoms with E-state index < -0.39 is 37.1 Å². The van der Waals surface area contributed by atoms with E-state index in [1.54, 1.807) is 20.8 Å². The van der Waals surface area contributed by atoms with Crippen molar-refractivity contribution in [3.8, 4) is 0 Å². The molecule has 0 saturated carbocycles. The quantitative estimate of drug-likeness (QED) is 0.516. The third-order valence-corrected chi connectivity index (χ3v) is 9.48. The van der Waals surface area contributed by atoms with Crippen molar-refractivity contribution in [2.24, 2.45) is 16.8 Å². The highest BCUT2D eigenvalue weighted by Crippen LogP contribution is 2.42. The highest BCUT2D eigenvalue weighted by molar-refractivity contribution is 7.95. The number of primary sulfonamides is 1. The number of nitrogens with one attached hydrogen (secondary N) is 1. The lowest BCUT2D eigenvalue weighted by Crippen LogP contribution is -2.34. The molecule has 1 aliphatic rings. The molecule has 12 heteroatoms. The first-order chi connectivity index (χ1) is 12.2. The molecular weight excluding hydrogens is 414 g/mol. The van der Waals surface area contributed by atoms with Crippen molar-refractivity contribution in [1.82, 2.24) is 5.32 Å². The molecule has 0 radical (unpaired) electrons. The molecule has 0 aromatic carbocycles. The van der Waals surface area contributed by atoms with Crippen LogP contribution in [0.3, 0.4) is 0 Å². The van der Waals surface area contributed by atoms with Crippen LogP contribution in [0, 0.1) is 5.92 Å². The van der Waals surface area contributed by atoms with E-state index in [-0.39, 0.29) is 20.4 Å². The van der Waals surface area contributed by atoms with Gasteiger partial charge in [0.25, 0.3) is 0 Å². The van der Waals surface area contributed by atoms with Crippen molar-refractivity contribution in [2.45, 2.75) is 59.9 Å². The summed E-state index contributed by atoms with van der Waals surface area (Å²) in [7, 11) is -7.33. The molecule has 156 valence electrons. The van der Waals surface area contributed by atoms with Crippen LogP contribution in [0.1, 0.15) is 45.7 Å². The lowest BCUT2D eigenvalue weighted by atomic mass is 10.1. The predicted molar refractivity (Wildman–Crippen MR) is 104 cm³/mol. The molecule has 0 saturated heterocycles. The zero-order valence-corrected chi connectivity index (χ0v) is 18.1. The lowest BCUT2D eigenvalue weighted by Gasteiger charge is -2.27. The summed E-state index contributed by atoms with van der Waals surface area (Å²) in [6.45, 7) is 7.79. The fourth-order valence-corrected chi connectivity index (χ4v) is 6.88. The van der Waals surface area contributed by atoms with E-state index in [0.717, 1.165) is 11.3 Å². The number of carboxylic acids is 1. The van der Waals surface area contributed by atoms with Gasteiger partial charge in [0, 0.05) is 11.6 Å². The number of hydrogen-bond acceptors (Lipinski definition) is 8. The van der Waals surface area contributed by atoms with E-state index in [9.17, 15) is 21.6 Å². The van der Waals surface area contributed by atoms with Gasteiger partial charge in [0.15, 0.2) is 9.84 Å². The molecule has 9 nitrogen and oxygen atoms in total. The van der Waals surface area contributed by atoms with Crippen LogP contribution in [0.4, 0.5) is 0 Å². The zero-order valence-electron chi connectivity index (χ0n) is 15.7. The molecule has 3 atom stereocenters. The number of rotatable bonds is 5. The maximum atomic E-state index is 12.2. The van der Waals surface area contributed by atoms with Gasteiger partial charge in [-0.3, -0.25) is 4.79 Å². The molecular formula is C15H27N3O6S3. The number of carbonyl (C=O) groups is 1. The Kier molecular flexibility index (Phi) is 7.97. The second-order valence-electron chi connectivity index (χ2n) is 6.66. The van der Waals surface area contributed by atoms with Crippen LogP contribution >= 0.6 is 11.3 Å². The summed E-state index contributed by atoms with van der Waals surface area (Å²) in [6.07, 6.45) is 0.434. The van der Waals surface area contributed by atoms with E-state index in [1.165, 1.54) is 6.07 Å². The van der Waals surface area contributed by atoms with Gasteiger partial charge >= 0.3 is 5.97 Å². The SMILES string of the molecule is CC(C)[C@H](N)C(=O)O.CCN[C@H]1C[C@H](C)S(=O)(=O)c2sc(S(N)(=O)=O)cc21. The predicted octanol–water partition coefficient (Wildman–Crippen LogP) is 0.666. The van der Waals surface area contributed by atoms with E-state index in [4.69, 9.17) is 16.0 Å². The van der Waals surface area contributed by atoms with Gasteiger partial charge in [0.05, 0.1) is 5.25 Å². The number of sulfonamides is 1. The molecule has 0 aliphatic carbocycles. The van der Waals surface area contributed by atoms with Gasteiger partial charge in [-0.2, -0.15) is 0 Å². The normalized spacial score (nSPS) is 22.5. The molecule has 27 heavy (non-hydrogen) atoms. The first-order valence-electron chi connectivity index (χ1n) is 8.35. The van der Waals surface area contributed by atoms with Crippen LogP contribution in [0.25, 0.3) is 0 Å². The Balaban J connectivity index is 0.000000387. The number of nitrogens with two attached hydrogens (primary N) is 2. The van der Waals surface area contributed by atoms with Gasteiger partial charge in [0.2, 0.25) is 10.0 Å². The number of thiophene rings is 1. The summed E-state index contributed by atoms with van der Waals surface area (Å²) >= 11 is 0.742. The maximum Gasteiger partial charge on any atom is 0.320 e. The molecule has 0 unspecified atom stereocenters. The molecule has 1 aromatic heterocycles. The lowest BCUT2D eigenvalue weighted by molar-refractivity contribution is -0.139. The van der Waals surface area contributed by atoms with Crippen molar-refractivity contribution in [3.05, 3.63) is 11.6 Å². The molecule has 2 heterocycles. The minimum absolute atomic E-state index is 0.0208. The number of aliphatic carboxylic acids is 1. The van der Waals surface area contributed by atoms with Gasteiger partial charge in [-0.25, -0.2) is 22.0 Å². The summed E-state index contributed by atoms with van der Waals surface area (Å²) in [6, 6.07) is 0.520. The fourth-order valence-electron chi connectivity index (χ4n) is 2.46. The number of carboxylic acid groups (broad SMARTS) is 1. The van der Waals surface area contributed by atoms with Gasteiger partial charge in [-0.15, -0.1) is 11.3 Å². The summed E-state index contributed by atoms with van der Waals surface area (Å²) < 4.78 is 47.3. The summed E-state index contributed by atoms with van der Waals surface area (Å²) in [4.78, 5) is 10.0. The Hall–Kier alpha value is -1.05. The molecule has 2 rings (SSSR count). The highest BCUT2D eigenvalue weighted by atomic mass is 32.3. The second kappa shape index (κ2) is 8.97. The average molecular weight is 442 g/mol. The molecule has 1 aromatic rings. The fraction of sp³-hybridized carbons (Fsp3) is 0.667. The topological polar surface area (TPSA) is 170 Å². The minimum Gasteiger partial charge on any atom is -0.480 e. The maximum absolute atomic E-state index is 12.2. The molecule has 6 N–H and O–H groups in total. The van der Waals surface area contributed by atoms with Crippen LogP contribution in [-0.2, 0) is 24.7 Å². The minimum atomic E-state index is -3.88. The average Bonchev–Trinajstić information content (AvgIpc) is 2.99. The van der Waals surface area contributed by atoms with Crippen LogP contribution < -0.4 is 16.2 Å². The Morgan fingerprint density at radius 2 is 2.00 bits per heavy atom. The Morgan fingerprint density at radius 3 is 2.37 bits per heavy atom. The summed E-state index contributed by atoms with van der Waals surface area (Å²) in [5.74, 6) is -0.910. The Bertz CT molecular complexity index is 877. The number of fused-ring (bicyclic) bond motifs is 1. The van der Waals surface area contributed by atoms with E-state index in [2.05, 4.69) is 5.32 Å². The van der Waals surface area contributed by atoms with Gasteiger partial charge in [-0.1, -0.05) is 20.8 Å². The van der Waals surface area contributed by atoms with Crippen molar-refractivity contribution < 1.29 is 26.7 Å². The summed E-state index contributed by atoms with van der Waals surface area (Å²) in [5.41, 5.74) is 5.68. The van der Waals surface area contributed by atoms with Crippen molar-refractivity contribution in [2.75, 3.05) is 6.54 Å². The first-order valence-corrected chi connectivity index (χ1v) is 12.3. The van der Waals surface area contributed by atoms with Crippen molar-refractivity contribution in [3.63, 3.8) is 0 Å². The molecule has 1 aliphatic heterocycles. The van der Waals surface area contributed by atoms with Crippen LogP contribution in [0.5, 0.6) is 0 Å². The van der Waals surface area contributed by atoms with Crippen molar-refractivity contribution in [1.29, 1.82) is 0 Å². The zero-order chi connectivity index (χ0) is 21.2. The third kappa shape index (κ3) is 5.72.